The van der Waals surface area contributed by atoms with Gasteiger partial charge in [-0.25, -0.2) is 8.78 Å². The van der Waals surface area contributed by atoms with Crippen molar-refractivity contribution >= 4 is 11.7 Å². The lowest BCUT2D eigenvalue weighted by atomic mass is 9.89. The Labute approximate surface area is 116 Å². The molecule has 20 heavy (non-hydrogen) atoms. The summed E-state index contributed by atoms with van der Waals surface area (Å²) in [5.74, 6) is -1.60. The molecule has 0 aliphatic carbocycles. The normalized spacial score (nSPS) is 16.2. The number of halogens is 2. The van der Waals surface area contributed by atoms with E-state index >= 15 is 0 Å². The zero-order chi connectivity index (χ0) is 14.7. The number of benzene rings is 1. The van der Waals surface area contributed by atoms with E-state index in [2.05, 4.69) is 0 Å². The molecular weight excluding hydrogens is 264 g/mol. The van der Waals surface area contributed by atoms with E-state index in [1.165, 1.54) is 13.0 Å². The molecule has 1 aliphatic rings. The number of piperidine rings is 1. The fourth-order valence-electron chi connectivity index (χ4n) is 2.54. The minimum atomic E-state index is -0.809. The van der Waals surface area contributed by atoms with Crippen LogP contribution in [0.4, 0.5) is 8.78 Å². The van der Waals surface area contributed by atoms with Crippen molar-refractivity contribution in [3.8, 4) is 0 Å². The summed E-state index contributed by atoms with van der Waals surface area (Å²) in [5, 5.41) is 0. The van der Waals surface area contributed by atoms with E-state index in [0.717, 1.165) is 25.0 Å². The van der Waals surface area contributed by atoms with Crippen molar-refractivity contribution in [1.82, 2.24) is 4.90 Å². The predicted molar refractivity (Wildman–Crippen MR) is 70.3 cm³/mol. The van der Waals surface area contributed by atoms with Crippen LogP contribution in [0.1, 0.15) is 36.5 Å². The minimum absolute atomic E-state index is 0.0411. The highest BCUT2D eigenvalue weighted by atomic mass is 19.1. The molecule has 1 heterocycles. The maximum Gasteiger partial charge on any atom is 0.219 e. The van der Waals surface area contributed by atoms with Crippen LogP contribution in [0.15, 0.2) is 18.2 Å². The quantitative estimate of drug-likeness (QED) is 0.799. The van der Waals surface area contributed by atoms with Gasteiger partial charge in [0.2, 0.25) is 5.91 Å². The van der Waals surface area contributed by atoms with Crippen molar-refractivity contribution in [2.75, 3.05) is 13.1 Å². The van der Waals surface area contributed by atoms with Crippen molar-refractivity contribution < 1.29 is 18.4 Å². The van der Waals surface area contributed by atoms with Gasteiger partial charge in [-0.05, 0) is 30.9 Å². The summed E-state index contributed by atoms with van der Waals surface area (Å²) in [5.41, 5.74) is -0.0552. The summed E-state index contributed by atoms with van der Waals surface area (Å²) in [4.78, 5) is 25.0. The lowest BCUT2D eigenvalue weighted by Gasteiger charge is -2.30. The maximum absolute atomic E-state index is 13.5. The van der Waals surface area contributed by atoms with E-state index in [1.807, 2.05) is 0 Å². The van der Waals surface area contributed by atoms with Gasteiger partial charge in [0.05, 0.1) is 5.56 Å². The zero-order valence-corrected chi connectivity index (χ0v) is 11.4. The summed E-state index contributed by atoms with van der Waals surface area (Å²) in [6.45, 7) is 2.80. The third-order valence-corrected chi connectivity index (χ3v) is 3.77. The molecule has 1 amide bonds. The molecular formula is C15H17F2NO2. The third kappa shape index (κ3) is 3.40. The Balaban J connectivity index is 1.94. The molecule has 0 radical (unpaired) electrons. The van der Waals surface area contributed by atoms with Gasteiger partial charge in [0.25, 0.3) is 0 Å². The number of nitrogens with zero attached hydrogens (tertiary/aromatic N) is 1. The predicted octanol–water partition coefficient (Wildman–Crippen LogP) is 2.80. The lowest BCUT2D eigenvalue weighted by Crippen LogP contribution is -2.37. The van der Waals surface area contributed by atoms with Gasteiger partial charge in [-0.2, -0.15) is 0 Å². The van der Waals surface area contributed by atoms with E-state index < -0.39 is 11.6 Å². The van der Waals surface area contributed by atoms with Gasteiger partial charge in [-0.1, -0.05) is 0 Å². The Morgan fingerprint density at radius 3 is 2.45 bits per heavy atom. The number of carbonyl (C=O) groups is 2. The van der Waals surface area contributed by atoms with Crippen LogP contribution in [-0.2, 0) is 4.79 Å². The molecule has 0 spiro atoms. The number of amides is 1. The molecule has 3 nitrogen and oxygen atoms in total. The first-order valence-electron chi connectivity index (χ1n) is 6.71. The third-order valence-electron chi connectivity index (χ3n) is 3.77. The van der Waals surface area contributed by atoms with Crippen LogP contribution in [0.5, 0.6) is 0 Å². The molecule has 1 aromatic rings. The molecule has 108 valence electrons. The molecule has 0 unspecified atom stereocenters. The zero-order valence-electron chi connectivity index (χ0n) is 11.4. The number of carbonyl (C=O) groups excluding carboxylic acids is 2. The molecule has 5 heteroatoms. The average molecular weight is 281 g/mol. The first-order valence-corrected chi connectivity index (χ1v) is 6.71. The highest BCUT2D eigenvalue weighted by Crippen LogP contribution is 2.23. The monoisotopic (exact) mass is 281 g/mol. The van der Waals surface area contributed by atoms with Crippen LogP contribution in [0.2, 0.25) is 0 Å². The molecule has 0 N–H and O–H groups in total. The Morgan fingerprint density at radius 2 is 1.90 bits per heavy atom. The van der Waals surface area contributed by atoms with Crippen LogP contribution in [0.25, 0.3) is 0 Å². The number of hydrogen-bond acceptors (Lipinski definition) is 2. The Hall–Kier alpha value is -1.78. The number of likely N-dealkylation sites (tertiary alicyclic amines) is 1. The molecule has 1 fully saturated rings. The van der Waals surface area contributed by atoms with Crippen molar-refractivity contribution in [3.63, 3.8) is 0 Å². The van der Waals surface area contributed by atoms with Gasteiger partial charge in [0.1, 0.15) is 11.6 Å². The standard InChI is InChI=1S/C15H17F2NO2/c1-10(19)18-6-4-11(5-7-18)8-15(20)13-3-2-12(16)9-14(13)17/h2-3,9,11H,4-8H2,1H3. The second kappa shape index (κ2) is 6.11. The first-order chi connectivity index (χ1) is 9.47. The van der Waals surface area contributed by atoms with Crippen molar-refractivity contribution in [1.29, 1.82) is 0 Å². The fourth-order valence-corrected chi connectivity index (χ4v) is 2.54. The summed E-state index contributed by atoms with van der Waals surface area (Å²) < 4.78 is 26.3. The highest BCUT2D eigenvalue weighted by Gasteiger charge is 2.24. The second-order valence-electron chi connectivity index (χ2n) is 5.20. The van der Waals surface area contributed by atoms with Gasteiger partial charge in [-0.15, -0.1) is 0 Å². The van der Waals surface area contributed by atoms with Crippen molar-refractivity contribution in [3.05, 3.63) is 35.4 Å². The van der Waals surface area contributed by atoms with E-state index in [1.54, 1.807) is 4.90 Å². The fraction of sp³-hybridized carbons (Fsp3) is 0.467. The summed E-state index contributed by atoms with van der Waals surface area (Å²) >= 11 is 0. The second-order valence-corrected chi connectivity index (χ2v) is 5.20. The van der Waals surface area contributed by atoms with Gasteiger partial charge in [0.15, 0.2) is 5.78 Å². The van der Waals surface area contributed by atoms with Gasteiger partial charge >= 0.3 is 0 Å². The molecule has 2 rings (SSSR count). The molecule has 0 aromatic heterocycles. The van der Waals surface area contributed by atoms with Crippen LogP contribution in [-0.4, -0.2) is 29.7 Å². The number of Topliss-reactive ketones (excluding diaryl/α,β-unsaturated/α-hetero) is 1. The van der Waals surface area contributed by atoms with Crippen LogP contribution >= 0.6 is 0 Å². The molecule has 1 aromatic carbocycles. The minimum Gasteiger partial charge on any atom is -0.343 e. The topological polar surface area (TPSA) is 37.4 Å². The Morgan fingerprint density at radius 1 is 1.25 bits per heavy atom. The van der Waals surface area contributed by atoms with Gasteiger partial charge in [-0.3, -0.25) is 9.59 Å². The highest BCUT2D eigenvalue weighted by molar-refractivity contribution is 5.96. The van der Waals surface area contributed by atoms with E-state index in [-0.39, 0.29) is 29.6 Å². The molecule has 0 atom stereocenters. The summed E-state index contributed by atoms with van der Waals surface area (Å²) in [6, 6.07) is 3.01. The molecule has 1 aliphatic heterocycles. The maximum atomic E-state index is 13.5. The first kappa shape index (κ1) is 14.6. The molecule has 0 bridgehead atoms. The Kier molecular flexibility index (Phi) is 4.47. The largest absolute Gasteiger partial charge is 0.343 e. The van der Waals surface area contributed by atoms with Crippen LogP contribution < -0.4 is 0 Å². The number of hydrogen-bond donors (Lipinski definition) is 0. The van der Waals surface area contributed by atoms with Crippen molar-refractivity contribution in [2.45, 2.75) is 26.2 Å². The molecule has 1 saturated heterocycles. The van der Waals surface area contributed by atoms with E-state index in [4.69, 9.17) is 0 Å². The van der Waals surface area contributed by atoms with E-state index in [0.29, 0.717) is 13.1 Å². The lowest BCUT2D eigenvalue weighted by molar-refractivity contribution is -0.130. The van der Waals surface area contributed by atoms with Crippen molar-refractivity contribution in [2.24, 2.45) is 5.92 Å². The van der Waals surface area contributed by atoms with Gasteiger partial charge < -0.3 is 4.90 Å². The summed E-state index contributed by atoms with van der Waals surface area (Å²) in [7, 11) is 0. The SMILES string of the molecule is CC(=O)N1CCC(CC(=O)c2ccc(F)cc2F)CC1. The average Bonchev–Trinajstić information content (AvgIpc) is 2.39. The van der Waals surface area contributed by atoms with E-state index in [9.17, 15) is 18.4 Å². The smallest absolute Gasteiger partial charge is 0.219 e. The number of rotatable bonds is 3. The number of ketones is 1. The van der Waals surface area contributed by atoms with Gasteiger partial charge in [0, 0.05) is 32.5 Å². The molecule has 0 saturated carbocycles. The Bertz CT molecular complexity index is 523. The van der Waals surface area contributed by atoms with Crippen LogP contribution in [0, 0.1) is 17.6 Å². The summed E-state index contributed by atoms with van der Waals surface area (Å²) in [6.07, 6.45) is 1.73. The van der Waals surface area contributed by atoms with Crippen LogP contribution in [0.3, 0.4) is 0 Å².